The molecular weight excluding hydrogens is 318 g/mol. The number of carbonyl (C=O) groups excluding carboxylic acids is 2. The van der Waals surface area contributed by atoms with E-state index >= 15 is 0 Å². The molecule has 3 heterocycles. The van der Waals surface area contributed by atoms with Gasteiger partial charge in [0.15, 0.2) is 0 Å². The number of imidazole rings is 1. The SMILES string of the molecule is CCn1ccnc1CN1CCC[C@@H]([C@]2(C)NC(=O)N(C(C)C)C2=O)C1. The number of imide groups is 1. The molecule has 2 fully saturated rings. The van der Waals surface area contributed by atoms with Crippen LogP contribution in [-0.2, 0) is 17.9 Å². The maximum Gasteiger partial charge on any atom is 0.325 e. The number of aromatic nitrogens is 2. The van der Waals surface area contributed by atoms with Crippen LogP contribution in [-0.4, -0.2) is 56.0 Å². The fraction of sp³-hybridized carbons (Fsp3) is 0.722. The molecule has 2 aliphatic heterocycles. The maximum absolute atomic E-state index is 12.9. The minimum atomic E-state index is -0.805. The van der Waals surface area contributed by atoms with Crippen LogP contribution in [0.3, 0.4) is 0 Å². The first-order valence-corrected chi connectivity index (χ1v) is 9.25. The number of urea groups is 1. The second kappa shape index (κ2) is 6.78. The zero-order valence-electron chi connectivity index (χ0n) is 15.7. The zero-order chi connectivity index (χ0) is 18.2. The lowest BCUT2D eigenvalue weighted by molar-refractivity contribution is -0.134. The minimum Gasteiger partial charge on any atom is -0.334 e. The van der Waals surface area contributed by atoms with Crippen LogP contribution in [0.15, 0.2) is 12.4 Å². The summed E-state index contributed by atoms with van der Waals surface area (Å²) in [6, 6.07) is -0.382. The van der Waals surface area contributed by atoms with Crippen LogP contribution in [0, 0.1) is 5.92 Å². The monoisotopic (exact) mass is 347 g/mol. The molecule has 3 amide bonds. The maximum atomic E-state index is 12.9. The smallest absolute Gasteiger partial charge is 0.325 e. The van der Waals surface area contributed by atoms with Crippen LogP contribution in [0.25, 0.3) is 0 Å². The zero-order valence-corrected chi connectivity index (χ0v) is 15.7. The highest BCUT2D eigenvalue weighted by Crippen LogP contribution is 2.33. The number of likely N-dealkylation sites (tertiary alicyclic amines) is 1. The quantitative estimate of drug-likeness (QED) is 0.825. The standard InChI is InChI=1S/C18H29N5O2/c1-5-22-10-8-19-15(22)12-21-9-6-7-14(11-21)18(4)16(24)23(13(2)3)17(25)20-18/h8,10,13-14H,5-7,9,11-12H2,1-4H3,(H,20,25)/t14-,18+/m1/s1. The second-order valence-electron chi connectivity index (χ2n) is 7.61. The van der Waals surface area contributed by atoms with E-state index in [4.69, 9.17) is 0 Å². The van der Waals surface area contributed by atoms with E-state index in [0.29, 0.717) is 0 Å². The third-order valence-electron chi connectivity index (χ3n) is 5.59. The van der Waals surface area contributed by atoms with Gasteiger partial charge in [-0.25, -0.2) is 9.78 Å². The molecule has 0 aromatic carbocycles. The molecule has 7 heteroatoms. The van der Waals surface area contributed by atoms with E-state index in [2.05, 4.69) is 26.7 Å². The van der Waals surface area contributed by atoms with Gasteiger partial charge in [0.05, 0.1) is 6.54 Å². The molecular formula is C18H29N5O2. The molecule has 1 N–H and O–H groups in total. The number of nitrogens with one attached hydrogen (secondary N) is 1. The van der Waals surface area contributed by atoms with Crippen molar-refractivity contribution < 1.29 is 9.59 Å². The second-order valence-corrected chi connectivity index (χ2v) is 7.61. The first-order valence-electron chi connectivity index (χ1n) is 9.25. The number of carbonyl (C=O) groups is 2. The summed E-state index contributed by atoms with van der Waals surface area (Å²) in [6.07, 6.45) is 5.81. The van der Waals surface area contributed by atoms with Crippen LogP contribution in [0.5, 0.6) is 0 Å². The Morgan fingerprint density at radius 1 is 1.40 bits per heavy atom. The van der Waals surface area contributed by atoms with Crippen molar-refractivity contribution >= 4 is 11.9 Å². The van der Waals surface area contributed by atoms with E-state index in [1.54, 1.807) is 0 Å². The molecule has 0 spiro atoms. The number of hydrogen-bond donors (Lipinski definition) is 1. The summed E-state index contributed by atoms with van der Waals surface area (Å²) >= 11 is 0. The van der Waals surface area contributed by atoms with Gasteiger partial charge in [0.2, 0.25) is 0 Å². The van der Waals surface area contributed by atoms with Crippen molar-refractivity contribution in [1.82, 2.24) is 24.7 Å². The highest BCUT2D eigenvalue weighted by atomic mass is 16.2. The number of amides is 3. The van der Waals surface area contributed by atoms with Gasteiger partial charge in [-0.2, -0.15) is 0 Å². The lowest BCUT2D eigenvalue weighted by Gasteiger charge is -2.39. The summed E-state index contributed by atoms with van der Waals surface area (Å²) in [5.74, 6) is 1.08. The molecule has 2 atom stereocenters. The fourth-order valence-corrected chi connectivity index (χ4v) is 4.07. The lowest BCUT2D eigenvalue weighted by atomic mass is 9.80. The highest BCUT2D eigenvalue weighted by molar-refractivity contribution is 6.07. The van der Waals surface area contributed by atoms with Crippen LogP contribution in [0.2, 0.25) is 0 Å². The van der Waals surface area contributed by atoms with Crippen molar-refractivity contribution in [3.05, 3.63) is 18.2 Å². The van der Waals surface area contributed by atoms with Crippen LogP contribution in [0.4, 0.5) is 4.79 Å². The summed E-state index contributed by atoms with van der Waals surface area (Å²) in [7, 11) is 0. The average molecular weight is 347 g/mol. The van der Waals surface area contributed by atoms with Gasteiger partial charge in [0.1, 0.15) is 11.4 Å². The molecule has 7 nitrogen and oxygen atoms in total. The molecule has 0 aliphatic carbocycles. The summed E-state index contributed by atoms with van der Waals surface area (Å²) < 4.78 is 2.15. The van der Waals surface area contributed by atoms with Gasteiger partial charge < -0.3 is 9.88 Å². The Hall–Kier alpha value is -1.89. The molecule has 0 unspecified atom stereocenters. The normalized spacial score (nSPS) is 28.0. The van der Waals surface area contributed by atoms with Crippen molar-refractivity contribution in [2.24, 2.45) is 5.92 Å². The molecule has 0 saturated carbocycles. The van der Waals surface area contributed by atoms with Crippen molar-refractivity contribution in [3.63, 3.8) is 0 Å². The Morgan fingerprint density at radius 3 is 2.80 bits per heavy atom. The third-order valence-corrected chi connectivity index (χ3v) is 5.59. The van der Waals surface area contributed by atoms with Crippen LogP contribution < -0.4 is 5.32 Å². The average Bonchev–Trinajstić information content (AvgIpc) is 3.10. The number of aryl methyl sites for hydroxylation is 1. The largest absolute Gasteiger partial charge is 0.334 e. The summed E-state index contributed by atoms with van der Waals surface area (Å²) in [5.41, 5.74) is -0.805. The number of nitrogens with zero attached hydrogens (tertiary/aromatic N) is 4. The fourth-order valence-electron chi connectivity index (χ4n) is 4.07. The van der Waals surface area contributed by atoms with Crippen molar-refractivity contribution in [2.75, 3.05) is 13.1 Å². The van der Waals surface area contributed by atoms with Gasteiger partial charge >= 0.3 is 6.03 Å². The molecule has 3 rings (SSSR count). The molecule has 2 saturated heterocycles. The van der Waals surface area contributed by atoms with Crippen molar-refractivity contribution in [3.8, 4) is 0 Å². The van der Waals surface area contributed by atoms with Gasteiger partial charge in [-0.3, -0.25) is 14.6 Å². The van der Waals surface area contributed by atoms with Gasteiger partial charge in [0, 0.05) is 37.4 Å². The van der Waals surface area contributed by atoms with Gasteiger partial charge in [0.25, 0.3) is 5.91 Å². The lowest BCUT2D eigenvalue weighted by Crippen LogP contribution is -2.56. The molecule has 138 valence electrons. The van der Waals surface area contributed by atoms with E-state index in [9.17, 15) is 9.59 Å². The molecule has 25 heavy (non-hydrogen) atoms. The Labute approximate surface area is 149 Å². The Balaban J connectivity index is 1.73. The topological polar surface area (TPSA) is 70.5 Å². The molecule has 0 bridgehead atoms. The predicted octanol–water partition coefficient (Wildman–Crippen LogP) is 1.83. The summed E-state index contributed by atoms with van der Waals surface area (Å²) in [6.45, 7) is 11.2. The van der Waals surface area contributed by atoms with Gasteiger partial charge in [-0.15, -0.1) is 0 Å². The van der Waals surface area contributed by atoms with Crippen LogP contribution in [0.1, 0.15) is 46.4 Å². The van der Waals surface area contributed by atoms with Gasteiger partial charge in [-0.1, -0.05) is 0 Å². The summed E-state index contributed by atoms with van der Waals surface area (Å²) in [5, 5.41) is 2.97. The molecule has 1 aromatic heterocycles. The van der Waals surface area contributed by atoms with E-state index in [-0.39, 0.29) is 23.9 Å². The van der Waals surface area contributed by atoms with E-state index < -0.39 is 5.54 Å². The Morgan fingerprint density at radius 2 is 2.16 bits per heavy atom. The molecule has 1 aromatic rings. The number of hydrogen-bond acceptors (Lipinski definition) is 4. The molecule has 0 radical (unpaired) electrons. The summed E-state index contributed by atoms with van der Waals surface area (Å²) in [4.78, 5) is 33.4. The van der Waals surface area contributed by atoms with Crippen LogP contribution >= 0.6 is 0 Å². The number of rotatable bonds is 5. The Kier molecular flexibility index (Phi) is 4.86. The first-order chi connectivity index (χ1) is 11.9. The van der Waals surface area contributed by atoms with Crippen molar-refractivity contribution in [1.29, 1.82) is 0 Å². The first kappa shape index (κ1) is 17.9. The van der Waals surface area contributed by atoms with Gasteiger partial charge in [-0.05, 0) is 47.1 Å². The van der Waals surface area contributed by atoms with E-state index in [0.717, 1.165) is 44.8 Å². The predicted molar refractivity (Wildman–Crippen MR) is 94.8 cm³/mol. The third kappa shape index (κ3) is 3.17. The number of piperidine rings is 1. The highest BCUT2D eigenvalue weighted by Gasteiger charge is 2.53. The minimum absolute atomic E-state index is 0.0885. The molecule has 2 aliphatic rings. The van der Waals surface area contributed by atoms with E-state index in [1.807, 2.05) is 33.2 Å². The van der Waals surface area contributed by atoms with E-state index in [1.165, 1.54) is 4.90 Å². The van der Waals surface area contributed by atoms with Crippen molar-refractivity contribution in [2.45, 2.75) is 65.2 Å². The Bertz CT molecular complexity index is 656.